The molecule has 0 amide bonds. The molecule has 37 heavy (non-hydrogen) atoms. The van der Waals surface area contributed by atoms with Gasteiger partial charge in [-0.1, -0.05) is 28.4 Å². The van der Waals surface area contributed by atoms with Crippen LogP contribution in [0.25, 0.3) is 22.6 Å². The summed E-state index contributed by atoms with van der Waals surface area (Å²) in [5.41, 5.74) is 4.76. The van der Waals surface area contributed by atoms with Crippen LogP contribution in [0.1, 0.15) is 22.6 Å². The van der Waals surface area contributed by atoms with Crippen LogP contribution in [-0.2, 0) is 13.1 Å². The lowest BCUT2D eigenvalue weighted by Crippen LogP contribution is -2.29. The minimum absolute atomic E-state index is 0.124. The van der Waals surface area contributed by atoms with Gasteiger partial charge in [0.15, 0.2) is 11.6 Å². The van der Waals surface area contributed by atoms with Gasteiger partial charge < -0.3 is 24.6 Å². The molecule has 0 unspecified atom stereocenters. The van der Waals surface area contributed by atoms with Crippen molar-refractivity contribution in [2.24, 2.45) is 0 Å². The summed E-state index contributed by atoms with van der Waals surface area (Å²) in [6.45, 7) is 5.45. The van der Waals surface area contributed by atoms with Gasteiger partial charge >= 0.3 is 0 Å². The van der Waals surface area contributed by atoms with Crippen molar-refractivity contribution in [3.8, 4) is 28.4 Å². The van der Waals surface area contributed by atoms with Crippen molar-refractivity contribution in [1.29, 1.82) is 0 Å². The lowest BCUT2D eigenvalue weighted by atomic mass is 10.1. The van der Waals surface area contributed by atoms with Crippen molar-refractivity contribution in [3.63, 3.8) is 0 Å². The molecule has 4 aromatic rings. The number of benzene rings is 1. The molecule has 0 fully saturated rings. The second-order valence-electron chi connectivity index (χ2n) is 8.90. The molecule has 0 saturated heterocycles. The Labute approximate surface area is 224 Å². The van der Waals surface area contributed by atoms with E-state index in [0.29, 0.717) is 75.3 Å². The molecule has 192 valence electrons. The predicted molar refractivity (Wildman–Crippen MR) is 142 cm³/mol. The molecule has 3 aromatic heterocycles. The van der Waals surface area contributed by atoms with Gasteiger partial charge in [-0.25, -0.2) is 9.97 Å². The van der Waals surface area contributed by atoms with Crippen molar-refractivity contribution in [1.82, 2.24) is 25.4 Å². The van der Waals surface area contributed by atoms with Crippen molar-refractivity contribution >= 4 is 29.0 Å². The van der Waals surface area contributed by atoms with Gasteiger partial charge in [-0.05, 0) is 56.3 Å². The molecule has 1 atom stereocenters. The summed E-state index contributed by atoms with van der Waals surface area (Å²) in [5, 5.41) is 17.9. The first kappa shape index (κ1) is 25.4. The first-order chi connectivity index (χ1) is 17.9. The van der Waals surface area contributed by atoms with Gasteiger partial charge in [0.05, 0.1) is 16.3 Å². The van der Waals surface area contributed by atoms with Gasteiger partial charge in [-0.3, -0.25) is 4.98 Å². The maximum Gasteiger partial charge on any atom is 0.163 e. The fraction of sp³-hybridized carbons (Fsp3) is 0.308. The molecule has 2 N–H and O–H groups in total. The summed E-state index contributed by atoms with van der Waals surface area (Å²) in [6, 6.07) is 7.23. The van der Waals surface area contributed by atoms with Crippen LogP contribution in [0.3, 0.4) is 0 Å². The Morgan fingerprint density at radius 3 is 2.70 bits per heavy atom. The number of ether oxygens (including phenoxy) is 1. The van der Waals surface area contributed by atoms with Crippen molar-refractivity contribution < 1.29 is 14.4 Å². The molecule has 1 aliphatic rings. The Kier molecular flexibility index (Phi) is 7.30. The topological polar surface area (TPSA) is 109 Å². The Morgan fingerprint density at radius 2 is 1.97 bits per heavy atom. The average Bonchev–Trinajstić information content (AvgIpc) is 3.46. The van der Waals surface area contributed by atoms with E-state index >= 15 is 0 Å². The Morgan fingerprint density at radius 1 is 1.16 bits per heavy atom. The fourth-order valence-electron chi connectivity index (χ4n) is 4.37. The number of aromatic nitrogens is 4. The van der Waals surface area contributed by atoms with E-state index in [1.165, 1.54) is 5.56 Å². The van der Waals surface area contributed by atoms with Crippen LogP contribution >= 0.6 is 23.2 Å². The molecule has 0 spiro atoms. The third kappa shape index (κ3) is 5.13. The molecule has 0 saturated carbocycles. The van der Waals surface area contributed by atoms with Crippen LogP contribution in [-0.4, -0.2) is 51.5 Å². The predicted octanol–water partition coefficient (Wildman–Crippen LogP) is 4.60. The molecule has 11 heteroatoms. The van der Waals surface area contributed by atoms with Crippen molar-refractivity contribution in [2.75, 3.05) is 25.1 Å². The lowest BCUT2D eigenvalue weighted by Gasteiger charge is -2.21. The summed E-state index contributed by atoms with van der Waals surface area (Å²) >= 11 is 13.6. The highest BCUT2D eigenvalue weighted by Crippen LogP contribution is 2.41. The van der Waals surface area contributed by atoms with Gasteiger partial charge in [0, 0.05) is 37.6 Å². The van der Waals surface area contributed by atoms with Gasteiger partial charge in [0.2, 0.25) is 0 Å². The number of aliphatic hydroxyl groups excluding tert-OH is 1. The molecule has 5 rings (SSSR count). The number of halogens is 2. The number of aliphatic hydroxyl groups is 1. The number of hydrogen-bond donors (Lipinski definition) is 2. The summed E-state index contributed by atoms with van der Waals surface area (Å²) in [6.07, 6.45) is 2.99. The van der Waals surface area contributed by atoms with Gasteiger partial charge in [0.1, 0.15) is 34.9 Å². The highest BCUT2D eigenvalue weighted by molar-refractivity contribution is 6.36. The Bertz CT molecular complexity index is 1400. The molecule has 1 aromatic carbocycles. The van der Waals surface area contributed by atoms with Gasteiger partial charge in [0.25, 0.3) is 0 Å². The summed E-state index contributed by atoms with van der Waals surface area (Å²) in [4.78, 5) is 16.0. The second-order valence-corrected chi connectivity index (χ2v) is 9.68. The van der Waals surface area contributed by atoms with Crippen LogP contribution in [0.5, 0.6) is 5.75 Å². The third-order valence-corrected chi connectivity index (χ3v) is 6.87. The summed E-state index contributed by atoms with van der Waals surface area (Å²) in [5.74, 6) is 2.10. The SMILES string of the molecule is CNC[C@@H](O)COc1ccc(Cl)c(-c2nc(-c3c(C)noc3C)c(Cl)c(N3Cc4ccncc4C3)n2)c1. The number of rotatable bonds is 8. The number of pyridine rings is 1. The molecule has 4 heterocycles. The van der Waals surface area contributed by atoms with Crippen molar-refractivity contribution in [3.05, 3.63) is 69.3 Å². The fourth-order valence-corrected chi connectivity index (χ4v) is 4.87. The molecule has 1 aliphatic heterocycles. The number of likely N-dealkylation sites (N-methyl/N-ethyl adjacent to an activating group) is 1. The number of nitrogens with zero attached hydrogens (tertiary/aromatic N) is 5. The van der Waals surface area contributed by atoms with E-state index in [-0.39, 0.29) is 6.61 Å². The number of fused-ring (bicyclic) bond motifs is 1. The van der Waals surface area contributed by atoms with E-state index in [1.54, 1.807) is 31.4 Å². The van der Waals surface area contributed by atoms with E-state index in [0.717, 1.165) is 5.56 Å². The van der Waals surface area contributed by atoms with E-state index in [2.05, 4.69) is 20.4 Å². The smallest absolute Gasteiger partial charge is 0.163 e. The van der Waals surface area contributed by atoms with E-state index in [9.17, 15) is 5.11 Å². The number of aryl methyl sites for hydroxylation is 2. The molecular weight excluding hydrogens is 515 g/mol. The van der Waals surface area contributed by atoms with Crippen LogP contribution < -0.4 is 15.0 Å². The maximum absolute atomic E-state index is 10.0. The zero-order valence-corrected chi connectivity index (χ0v) is 22.1. The van der Waals surface area contributed by atoms with Gasteiger partial charge in [-0.15, -0.1) is 0 Å². The lowest BCUT2D eigenvalue weighted by molar-refractivity contribution is 0.108. The van der Waals surface area contributed by atoms with Gasteiger partial charge in [-0.2, -0.15) is 0 Å². The molecule has 0 aliphatic carbocycles. The van der Waals surface area contributed by atoms with Crippen LogP contribution in [0.4, 0.5) is 5.82 Å². The summed E-state index contributed by atoms with van der Waals surface area (Å²) < 4.78 is 11.2. The molecular formula is C26H26Cl2N6O3. The number of anilines is 1. The Hall–Kier alpha value is -3.24. The summed E-state index contributed by atoms with van der Waals surface area (Å²) in [7, 11) is 1.77. The minimum Gasteiger partial charge on any atom is -0.491 e. The highest BCUT2D eigenvalue weighted by Gasteiger charge is 2.28. The van der Waals surface area contributed by atoms with Crippen LogP contribution in [0.2, 0.25) is 10.0 Å². The first-order valence-corrected chi connectivity index (χ1v) is 12.5. The minimum atomic E-state index is -0.653. The van der Waals surface area contributed by atoms with Crippen LogP contribution in [0, 0.1) is 13.8 Å². The van der Waals surface area contributed by atoms with E-state index in [4.69, 9.17) is 42.4 Å². The third-order valence-electron chi connectivity index (χ3n) is 6.19. The highest BCUT2D eigenvalue weighted by atomic mass is 35.5. The van der Waals surface area contributed by atoms with E-state index < -0.39 is 6.10 Å². The molecule has 0 radical (unpaired) electrons. The quantitative estimate of drug-likeness (QED) is 0.331. The van der Waals surface area contributed by atoms with E-state index in [1.807, 2.05) is 26.1 Å². The van der Waals surface area contributed by atoms with Crippen LogP contribution in [0.15, 0.2) is 41.2 Å². The molecule has 0 bridgehead atoms. The standard InChI is InChI=1S/C26H26Cl2N6O3/c1-14-22(15(2)37-33-14)24-23(28)26(34-11-16-6-7-30-9-17(16)12-34)32-25(31-24)20-8-19(4-5-21(20)27)36-13-18(35)10-29-3/h4-9,18,29,35H,10-13H2,1-3H3/t18-/m1/s1. The maximum atomic E-state index is 10.0. The monoisotopic (exact) mass is 540 g/mol. The zero-order chi connectivity index (χ0) is 26.1. The average molecular weight is 541 g/mol. The largest absolute Gasteiger partial charge is 0.491 e. The second kappa shape index (κ2) is 10.6. The molecule has 9 nitrogen and oxygen atoms in total. The van der Waals surface area contributed by atoms with Crippen molar-refractivity contribution in [2.45, 2.75) is 33.0 Å². The number of hydrogen-bond acceptors (Lipinski definition) is 9. The number of nitrogens with one attached hydrogen (secondary N) is 1. The zero-order valence-electron chi connectivity index (χ0n) is 20.6. The normalized spacial score (nSPS) is 13.6. The Balaban J connectivity index is 1.60. The first-order valence-electron chi connectivity index (χ1n) is 11.8.